The average Bonchev–Trinajstić information content (AvgIpc) is 2.00. The van der Waals surface area contributed by atoms with E-state index in [4.69, 9.17) is 4.43 Å². The molecule has 0 radical (unpaired) electrons. The van der Waals surface area contributed by atoms with E-state index in [-0.39, 0.29) is 6.04 Å². The molecule has 5 heteroatoms. The lowest BCUT2D eigenvalue weighted by atomic mass is 9.92. The Hall–Kier alpha value is -0.0331. The van der Waals surface area contributed by atoms with Gasteiger partial charge in [-0.3, -0.25) is 4.11 Å². The van der Waals surface area contributed by atoms with Crippen LogP contribution in [0, 0.1) is 0 Å². The molecule has 4 atom stereocenters. The molecule has 1 heterocycles. The highest BCUT2D eigenvalue weighted by atomic mass is 28.3. The summed E-state index contributed by atoms with van der Waals surface area (Å²) < 4.78 is 44.2. The summed E-state index contributed by atoms with van der Waals surface area (Å²) in [7, 11) is -2.96. The van der Waals surface area contributed by atoms with E-state index in [1.807, 2.05) is 6.92 Å². The molecule has 0 spiro atoms. The summed E-state index contributed by atoms with van der Waals surface area (Å²) in [5, 5.41) is 0. The Morgan fingerprint density at radius 2 is 2.15 bits per heavy atom. The lowest BCUT2D eigenvalue weighted by molar-refractivity contribution is -0.0640. The van der Waals surface area contributed by atoms with E-state index in [1.54, 1.807) is 0 Å². The molecular formula is C8H15F3OSi. The SMILES string of the molecule is CCCC1(C)O[SiH](F)CC(F)C1F. The molecule has 0 aromatic carbocycles. The summed E-state index contributed by atoms with van der Waals surface area (Å²) >= 11 is 0. The first-order valence-electron chi connectivity index (χ1n) is 4.59. The number of halogens is 3. The second kappa shape index (κ2) is 4.00. The highest BCUT2D eigenvalue weighted by Crippen LogP contribution is 2.35. The van der Waals surface area contributed by atoms with Crippen molar-refractivity contribution in [3.63, 3.8) is 0 Å². The smallest absolute Gasteiger partial charge is 0.372 e. The van der Waals surface area contributed by atoms with Gasteiger partial charge in [-0.05, 0) is 13.3 Å². The van der Waals surface area contributed by atoms with Crippen molar-refractivity contribution in [3.8, 4) is 0 Å². The molecule has 0 aromatic heterocycles. The van der Waals surface area contributed by atoms with E-state index in [0.717, 1.165) is 0 Å². The fraction of sp³-hybridized carbons (Fsp3) is 1.00. The van der Waals surface area contributed by atoms with E-state index in [1.165, 1.54) is 6.92 Å². The van der Waals surface area contributed by atoms with Crippen LogP contribution in [-0.4, -0.2) is 27.3 Å². The molecule has 13 heavy (non-hydrogen) atoms. The van der Waals surface area contributed by atoms with E-state index in [2.05, 4.69) is 0 Å². The zero-order chi connectivity index (χ0) is 10.1. The van der Waals surface area contributed by atoms with Crippen LogP contribution in [0.5, 0.6) is 0 Å². The van der Waals surface area contributed by atoms with Gasteiger partial charge in [0.05, 0.1) is 5.60 Å². The third kappa shape index (κ3) is 2.25. The standard InChI is InChI=1S/C8H15F3OSi/c1-3-4-8(2)7(10)6(9)5-13(11)12-8/h6-7,13H,3-5H2,1-2H3. The normalized spacial score (nSPS) is 46.4. The molecule has 1 fully saturated rings. The predicted octanol–water partition coefficient (Wildman–Crippen LogP) is 2.44. The molecule has 0 saturated carbocycles. The Morgan fingerprint density at radius 1 is 1.54 bits per heavy atom. The number of alkyl halides is 2. The third-order valence-corrected chi connectivity index (χ3v) is 4.07. The van der Waals surface area contributed by atoms with Crippen molar-refractivity contribution in [1.82, 2.24) is 0 Å². The van der Waals surface area contributed by atoms with Gasteiger partial charge in [0.1, 0.15) is 6.17 Å². The summed E-state index contributed by atoms with van der Waals surface area (Å²) in [6.07, 6.45) is -2.30. The molecule has 78 valence electrons. The summed E-state index contributed by atoms with van der Waals surface area (Å²) in [5.74, 6) is 0. The van der Waals surface area contributed by atoms with Crippen LogP contribution < -0.4 is 0 Å². The second-order valence-electron chi connectivity index (χ2n) is 3.74. The summed E-state index contributed by atoms with van der Waals surface area (Å²) in [4.78, 5) is 0. The van der Waals surface area contributed by atoms with Crippen LogP contribution in [0.2, 0.25) is 6.04 Å². The van der Waals surface area contributed by atoms with Gasteiger partial charge in [-0.1, -0.05) is 13.3 Å². The van der Waals surface area contributed by atoms with Crippen LogP contribution in [-0.2, 0) is 4.43 Å². The Morgan fingerprint density at radius 3 is 2.69 bits per heavy atom. The summed E-state index contributed by atoms with van der Waals surface area (Å²) in [6, 6.07) is -0.347. The van der Waals surface area contributed by atoms with Gasteiger partial charge < -0.3 is 4.43 Å². The van der Waals surface area contributed by atoms with E-state index >= 15 is 0 Å². The lowest BCUT2D eigenvalue weighted by Crippen LogP contribution is -2.52. The number of hydrogen-bond donors (Lipinski definition) is 0. The van der Waals surface area contributed by atoms with Crippen molar-refractivity contribution in [2.24, 2.45) is 0 Å². The Balaban J connectivity index is 2.69. The minimum absolute atomic E-state index is 0.347. The van der Waals surface area contributed by atoms with Crippen molar-refractivity contribution < 1.29 is 17.3 Å². The minimum atomic E-state index is -2.96. The van der Waals surface area contributed by atoms with E-state index in [0.29, 0.717) is 12.8 Å². The molecule has 1 saturated heterocycles. The molecule has 0 aromatic rings. The minimum Gasteiger partial charge on any atom is -0.385 e. The fourth-order valence-electron chi connectivity index (χ4n) is 1.78. The van der Waals surface area contributed by atoms with Crippen molar-refractivity contribution in [2.45, 2.75) is 50.7 Å². The van der Waals surface area contributed by atoms with E-state index in [9.17, 15) is 12.9 Å². The second-order valence-corrected chi connectivity index (χ2v) is 5.27. The van der Waals surface area contributed by atoms with Crippen LogP contribution >= 0.6 is 0 Å². The first kappa shape index (κ1) is 11.0. The van der Waals surface area contributed by atoms with Crippen LogP contribution in [0.3, 0.4) is 0 Å². The molecule has 0 amide bonds. The van der Waals surface area contributed by atoms with Gasteiger partial charge in [-0.2, -0.15) is 0 Å². The molecule has 1 nitrogen and oxygen atoms in total. The quantitative estimate of drug-likeness (QED) is 0.504. The van der Waals surface area contributed by atoms with Crippen molar-refractivity contribution in [1.29, 1.82) is 0 Å². The van der Waals surface area contributed by atoms with Gasteiger partial charge in [0.25, 0.3) is 0 Å². The zero-order valence-electron chi connectivity index (χ0n) is 7.90. The maximum absolute atomic E-state index is 13.3. The van der Waals surface area contributed by atoms with Gasteiger partial charge in [-0.15, -0.1) is 0 Å². The van der Waals surface area contributed by atoms with Gasteiger partial charge in [-0.25, -0.2) is 8.78 Å². The largest absolute Gasteiger partial charge is 0.385 e. The monoisotopic (exact) mass is 212 g/mol. The molecule has 0 bridgehead atoms. The lowest BCUT2D eigenvalue weighted by Gasteiger charge is -2.40. The molecule has 1 aliphatic heterocycles. The molecular weight excluding hydrogens is 197 g/mol. The topological polar surface area (TPSA) is 9.23 Å². The van der Waals surface area contributed by atoms with Gasteiger partial charge in [0.2, 0.25) is 0 Å². The molecule has 4 unspecified atom stereocenters. The molecule has 0 N–H and O–H groups in total. The molecule has 1 rings (SSSR count). The van der Waals surface area contributed by atoms with Gasteiger partial charge in [0, 0.05) is 6.04 Å². The number of rotatable bonds is 2. The Labute approximate surface area is 78.2 Å². The van der Waals surface area contributed by atoms with Crippen LogP contribution in [0.25, 0.3) is 0 Å². The Kier molecular flexibility index (Phi) is 3.40. The van der Waals surface area contributed by atoms with Crippen LogP contribution in [0.1, 0.15) is 26.7 Å². The number of hydrogen-bond acceptors (Lipinski definition) is 1. The van der Waals surface area contributed by atoms with Crippen molar-refractivity contribution >= 4 is 9.37 Å². The van der Waals surface area contributed by atoms with E-state index < -0.39 is 27.3 Å². The Bertz CT molecular complexity index is 181. The maximum Gasteiger partial charge on any atom is 0.372 e. The fourth-order valence-corrected chi connectivity index (χ4v) is 3.30. The molecule has 0 aliphatic carbocycles. The first-order valence-corrected chi connectivity index (χ1v) is 6.32. The zero-order valence-corrected chi connectivity index (χ0v) is 9.05. The highest BCUT2D eigenvalue weighted by Gasteiger charge is 2.48. The van der Waals surface area contributed by atoms with Crippen LogP contribution in [0.4, 0.5) is 12.9 Å². The van der Waals surface area contributed by atoms with Crippen LogP contribution in [0.15, 0.2) is 0 Å². The predicted molar refractivity (Wildman–Crippen MR) is 47.3 cm³/mol. The van der Waals surface area contributed by atoms with Crippen molar-refractivity contribution in [2.75, 3.05) is 0 Å². The highest BCUT2D eigenvalue weighted by molar-refractivity contribution is 6.44. The van der Waals surface area contributed by atoms with Gasteiger partial charge in [0.15, 0.2) is 6.17 Å². The summed E-state index contributed by atoms with van der Waals surface area (Å²) in [5.41, 5.74) is -1.22. The average molecular weight is 212 g/mol. The maximum atomic E-state index is 13.3. The summed E-state index contributed by atoms with van der Waals surface area (Å²) in [6.45, 7) is 3.31. The molecule has 1 aliphatic rings. The van der Waals surface area contributed by atoms with Crippen molar-refractivity contribution in [3.05, 3.63) is 0 Å². The third-order valence-electron chi connectivity index (χ3n) is 2.45. The first-order chi connectivity index (χ1) is 5.99. The van der Waals surface area contributed by atoms with Gasteiger partial charge >= 0.3 is 9.37 Å².